The number of aromatic nitrogens is 10. The number of nitrogens with zero attached hydrogens (tertiary/aromatic N) is 13. The summed E-state index contributed by atoms with van der Waals surface area (Å²) in [7, 11) is 12.5. The SMILES string of the molecule is C1CCOC1.CN(C)CCCn1nc(C2=C(c3cn(-c4cccnc4)c4ccccc34)C(=O)NC2)c2ccccc21.CN(C)CCCn1nc(C2=C(c3cn(-c4cccnc4)c4ccccc34)C(=O)NC2=S)c2ccccc21.CN(C)CCCn1nc(CC(N)=S)c2ccccc21. The van der Waals surface area contributed by atoms with Crippen molar-refractivity contribution in [3.8, 4) is 11.4 Å². The highest BCUT2D eigenvalue weighted by atomic mass is 32.1. The molecule has 10 heterocycles. The van der Waals surface area contributed by atoms with Crippen molar-refractivity contribution in [2.24, 2.45) is 5.73 Å². The summed E-state index contributed by atoms with van der Waals surface area (Å²) in [6.45, 7) is 7.97. The summed E-state index contributed by atoms with van der Waals surface area (Å²) >= 11 is 10.7. The van der Waals surface area contributed by atoms with Crippen molar-refractivity contribution in [2.45, 2.75) is 58.2 Å². The van der Waals surface area contributed by atoms with Crippen LogP contribution in [0.25, 0.3) is 88.2 Å². The molecule has 3 aliphatic heterocycles. The van der Waals surface area contributed by atoms with Gasteiger partial charge >= 0.3 is 0 Å². The molecular weight excluding hydrogens is 1250 g/mol. The summed E-state index contributed by atoms with van der Waals surface area (Å²) in [4.78, 5) is 42.7. The molecule has 0 radical (unpaired) electrons. The number of para-hydroxylation sites is 5. The molecule has 3 aliphatic rings. The zero-order valence-electron chi connectivity index (χ0n) is 55.9. The van der Waals surface area contributed by atoms with Gasteiger partial charge in [0.05, 0.1) is 84.4 Å². The molecule has 0 bridgehead atoms. The standard InChI is InChI=1S/C29H26N6OS.C29H28N6O.C14H20N4S.C4H8O/c1-33(2)15-8-16-35-24-13-6-4-11-21(24)27(32-35)26-25(28(36)31-29(26)37)22-18-34(19-9-7-14-30-17-19)23-12-5-3-10-20(22)23;1-33(2)15-8-16-35-26-13-6-4-11-22(26)28(32-35)23-18-31-29(36)27(23)24-19-34(20-9-7-14-30-17-20)25-12-5-3-10-21(24)25;1-17(2)8-5-9-18-13-7-4-3-6-11(13)12(16-18)10-14(15)19;1-2-4-5-3-1/h3-7,9-14,17-18H,8,15-16H2,1-2H3,(H,31,36,37);3-7,9-14,17,19H,8,15-16,18H2,1-2H3,(H,31,36);3-4,6-7H,5,8-10H2,1-2H3,(H2,15,19);1-4H2. The Labute approximate surface area is 575 Å². The number of aryl methyl sites for hydroxylation is 3. The van der Waals surface area contributed by atoms with Crippen molar-refractivity contribution < 1.29 is 14.3 Å². The number of hydrogen-bond acceptors (Lipinski definition) is 13. The Morgan fingerprint density at radius 1 is 0.515 bits per heavy atom. The van der Waals surface area contributed by atoms with E-state index in [2.05, 4.69) is 156 Å². The Morgan fingerprint density at radius 3 is 1.41 bits per heavy atom. The van der Waals surface area contributed by atoms with Crippen LogP contribution in [0.15, 0.2) is 183 Å². The van der Waals surface area contributed by atoms with Gasteiger partial charge in [-0.05, 0) is 149 Å². The third-order valence-electron chi connectivity index (χ3n) is 17.4. The second-order valence-electron chi connectivity index (χ2n) is 25.1. The van der Waals surface area contributed by atoms with Gasteiger partial charge in [-0.3, -0.25) is 33.6 Å². The normalized spacial score (nSPS) is 13.9. The zero-order chi connectivity index (χ0) is 67.5. The van der Waals surface area contributed by atoms with Gasteiger partial charge in [-0.2, -0.15) is 15.3 Å². The maximum absolute atomic E-state index is 13.4. The van der Waals surface area contributed by atoms with E-state index in [1.807, 2.05) is 120 Å². The van der Waals surface area contributed by atoms with Gasteiger partial charge in [0.15, 0.2) is 0 Å². The van der Waals surface area contributed by atoms with E-state index in [4.69, 9.17) is 45.1 Å². The lowest BCUT2D eigenvalue weighted by atomic mass is 9.98. The second-order valence-corrected chi connectivity index (χ2v) is 26.1. The van der Waals surface area contributed by atoms with Crippen molar-refractivity contribution in [3.05, 3.63) is 211 Å². The van der Waals surface area contributed by atoms with E-state index in [0.717, 1.165) is 171 Å². The summed E-state index contributed by atoms with van der Waals surface area (Å²) in [6.07, 6.45) is 17.4. The first kappa shape index (κ1) is 67.1. The average Bonchev–Trinajstić information content (AvgIpc) is 1.59. The minimum atomic E-state index is -0.208. The van der Waals surface area contributed by atoms with Crippen LogP contribution in [0.4, 0.5) is 0 Å². The highest BCUT2D eigenvalue weighted by Crippen LogP contribution is 2.41. The molecule has 5 aromatic carbocycles. The Bertz CT molecular complexity index is 4870. The summed E-state index contributed by atoms with van der Waals surface area (Å²) < 4.78 is 15.3. The molecule has 1 fully saturated rings. The number of ether oxygens (including phenoxy) is 1. The van der Waals surface area contributed by atoms with Crippen LogP contribution in [-0.4, -0.2) is 167 Å². The third kappa shape index (κ3) is 15.1. The molecule has 19 nitrogen and oxygen atoms in total. The molecule has 0 aliphatic carbocycles. The van der Waals surface area contributed by atoms with Crippen LogP contribution >= 0.6 is 24.4 Å². The van der Waals surface area contributed by atoms with Crippen LogP contribution in [0, 0.1) is 0 Å². The highest BCUT2D eigenvalue weighted by Gasteiger charge is 2.35. The number of thiocarbonyl (C=S) groups is 2. The third-order valence-corrected chi connectivity index (χ3v) is 17.8. The lowest BCUT2D eigenvalue weighted by molar-refractivity contribution is -0.115. The number of carbonyl (C=O) groups excluding carboxylic acids is 2. The number of fused-ring (bicyclic) bond motifs is 5. The van der Waals surface area contributed by atoms with Gasteiger partial charge in [-0.15, -0.1) is 0 Å². The number of hydrogen-bond donors (Lipinski definition) is 3. The zero-order valence-corrected chi connectivity index (χ0v) is 57.5. The minimum Gasteiger partial charge on any atom is -0.393 e. The second kappa shape index (κ2) is 30.9. The van der Waals surface area contributed by atoms with Gasteiger partial charge in [0.2, 0.25) is 0 Å². The predicted octanol–water partition coefficient (Wildman–Crippen LogP) is 11.7. The monoisotopic (exact) mass is 1330 g/mol. The van der Waals surface area contributed by atoms with Crippen LogP contribution in [0.5, 0.6) is 0 Å². The Kier molecular flexibility index (Phi) is 21.4. The summed E-state index contributed by atoms with van der Waals surface area (Å²) in [5, 5.41) is 25.9. The fraction of sp³-hybridized carbons (Fsp3) is 0.276. The van der Waals surface area contributed by atoms with E-state index >= 15 is 0 Å². The molecule has 1 saturated heterocycles. The molecule has 4 N–H and O–H groups in total. The number of carbonyl (C=O) groups is 2. The maximum Gasteiger partial charge on any atom is 0.257 e. The summed E-state index contributed by atoms with van der Waals surface area (Å²) in [5.74, 6) is -0.273. The minimum absolute atomic E-state index is 0.0645. The van der Waals surface area contributed by atoms with E-state index in [1.54, 1.807) is 12.4 Å². The summed E-state index contributed by atoms with van der Waals surface area (Å²) in [5.41, 5.74) is 20.0. The van der Waals surface area contributed by atoms with E-state index in [1.165, 1.54) is 12.8 Å². The fourth-order valence-corrected chi connectivity index (χ4v) is 13.3. The average molecular weight is 1330 g/mol. The van der Waals surface area contributed by atoms with E-state index in [9.17, 15) is 9.59 Å². The van der Waals surface area contributed by atoms with Crippen molar-refractivity contribution in [2.75, 3.05) is 81.7 Å². The lowest BCUT2D eigenvalue weighted by Crippen LogP contribution is -2.21. The van der Waals surface area contributed by atoms with E-state index < -0.39 is 0 Å². The first-order valence-electron chi connectivity index (χ1n) is 33.0. The van der Waals surface area contributed by atoms with Gasteiger partial charge in [0.25, 0.3) is 11.8 Å². The van der Waals surface area contributed by atoms with Crippen LogP contribution in [-0.2, 0) is 40.4 Å². The Morgan fingerprint density at radius 2 is 0.948 bits per heavy atom. The molecule has 496 valence electrons. The summed E-state index contributed by atoms with van der Waals surface area (Å²) in [6, 6.07) is 48.8. The van der Waals surface area contributed by atoms with Crippen molar-refractivity contribution >= 4 is 123 Å². The Hall–Kier alpha value is -9.87. The molecule has 15 rings (SSSR count). The van der Waals surface area contributed by atoms with Crippen molar-refractivity contribution in [1.82, 2.24) is 73.8 Å². The number of nitrogens with two attached hydrogens (primary N) is 1. The van der Waals surface area contributed by atoms with Crippen molar-refractivity contribution in [3.63, 3.8) is 0 Å². The van der Waals surface area contributed by atoms with E-state index in [0.29, 0.717) is 39.7 Å². The van der Waals surface area contributed by atoms with Crippen LogP contribution in [0.3, 0.4) is 0 Å². The largest absolute Gasteiger partial charge is 0.393 e. The molecule has 2 amide bonds. The van der Waals surface area contributed by atoms with Crippen LogP contribution in [0.1, 0.15) is 60.3 Å². The first-order chi connectivity index (χ1) is 47.2. The molecular formula is C76H82N16O3S2. The van der Waals surface area contributed by atoms with Gasteiger partial charge in [-0.1, -0.05) is 115 Å². The lowest BCUT2D eigenvalue weighted by Gasteiger charge is -2.09. The van der Waals surface area contributed by atoms with Crippen LogP contribution < -0.4 is 16.4 Å². The Balaban J connectivity index is 0.000000140. The number of benzene rings is 5. The van der Waals surface area contributed by atoms with Gasteiger partial charge < -0.3 is 44.9 Å². The molecule has 0 saturated carbocycles. The fourth-order valence-electron chi connectivity index (χ4n) is 12.9. The van der Waals surface area contributed by atoms with Crippen LogP contribution in [0.2, 0.25) is 0 Å². The number of pyridine rings is 2. The van der Waals surface area contributed by atoms with Gasteiger partial charge in [0.1, 0.15) is 10.7 Å². The van der Waals surface area contributed by atoms with Gasteiger partial charge in [-0.25, -0.2) is 0 Å². The van der Waals surface area contributed by atoms with Gasteiger partial charge in [0, 0.05) is 114 Å². The molecule has 97 heavy (non-hydrogen) atoms. The molecule has 7 aromatic heterocycles. The smallest absolute Gasteiger partial charge is 0.257 e. The molecule has 0 unspecified atom stereocenters. The van der Waals surface area contributed by atoms with Crippen molar-refractivity contribution in [1.29, 1.82) is 0 Å². The number of rotatable bonds is 20. The number of nitrogens with one attached hydrogen (secondary N) is 2. The maximum atomic E-state index is 13.4. The molecule has 12 aromatic rings. The molecule has 0 atom stereocenters. The number of amides is 2. The van der Waals surface area contributed by atoms with E-state index in [-0.39, 0.29) is 11.8 Å². The topological polar surface area (TPSA) is 192 Å². The predicted molar refractivity (Wildman–Crippen MR) is 399 cm³/mol. The molecule has 0 spiro atoms. The molecule has 21 heteroatoms. The highest BCUT2D eigenvalue weighted by molar-refractivity contribution is 7.81. The first-order valence-corrected chi connectivity index (χ1v) is 33.8. The quantitative estimate of drug-likeness (QED) is 0.0610.